The van der Waals surface area contributed by atoms with Crippen LogP contribution in [0.2, 0.25) is 0 Å². The largest absolute Gasteiger partial charge is 0.493 e. The van der Waals surface area contributed by atoms with Crippen molar-refractivity contribution < 1.29 is 14.6 Å². The summed E-state index contributed by atoms with van der Waals surface area (Å²) in [6.07, 6.45) is 1.05. The van der Waals surface area contributed by atoms with E-state index in [1.807, 2.05) is 39.0 Å². The topological polar surface area (TPSA) is 58.6 Å². The van der Waals surface area contributed by atoms with Gasteiger partial charge in [0.25, 0.3) is 0 Å². The molecular weight excluding hydrogens is 254 g/mol. The second-order valence-corrected chi connectivity index (χ2v) is 5.24. The molecule has 0 aromatic heterocycles. The monoisotopic (exact) mass is 279 g/mol. The number of carbonyl (C=O) groups excluding carboxylic acids is 1. The van der Waals surface area contributed by atoms with Gasteiger partial charge in [0.05, 0.1) is 13.0 Å². The molecule has 1 aromatic rings. The van der Waals surface area contributed by atoms with Crippen LogP contribution in [0.25, 0.3) is 0 Å². The Balaban J connectivity index is 2.28. The van der Waals surface area contributed by atoms with Gasteiger partial charge in [-0.2, -0.15) is 0 Å². The average molecular weight is 279 g/mol. The smallest absolute Gasteiger partial charge is 0.223 e. The Labute approximate surface area is 121 Å². The Morgan fingerprint density at radius 2 is 2.00 bits per heavy atom. The molecule has 1 rings (SSSR count). The van der Waals surface area contributed by atoms with Crippen LogP contribution < -0.4 is 10.1 Å². The molecule has 2 N–H and O–H groups in total. The number of ether oxygens (including phenoxy) is 1. The highest BCUT2D eigenvalue weighted by atomic mass is 16.5. The van der Waals surface area contributed by atoms with Crippen molar-refractivity contribution in [3.63, 3.8) is 0 Å². The lowest BCUT2D eigenvalue weighted by Crippen LogP contribution is -2.29. The van der Waals surface area contributed by atoms with Gasteiger partial charge in [-0.3, -0.25) is 4.79 Å². The van der Waals surface area contributed by atoms with E-state index >= 15 is 0 Å². The third-order valence-corrected chi connectivity index (χ3v) is 3.25. The fourth-order valence-corrected chi connectivity index (χ4v) is 1.97. The Kier molecular flexibility index (Phi) is 7.09. The van der Waals surface area contributed by atoms with Crippen molar-refractivity contribution in [2.45, 2.75) is 33.6 Å². The van der Waals surface area contributed by atoms with Gasteiger partial charge in [0.15, 0.2) is 0 Å². The number of benzene rings is 1. The highest BCUT2D eigenvalue weighted by Crippen LogP contribution is 2.22. The zero-order valence-corrected chi connectivity index (χ0v) is 12.6. The normalized spacial score (nSPS) is 12.0. The maximum atomic E-state index is 11.7. The number of amides is 1. The predicted octanol–water partition coefficient (Wildman–Crippen LogP) is 2.21. The van der Waals surface area contributed by atoms with E-state index in [9.17, 15) is 4.79 Å². The van der Waals surface area contributed by atoms with Gasteiger partial charge < -0.3 is 15.2 Å². The van der Waals surface area contributed by atoms with Crippen LogP contribution in [0.3, 0.4) is 0 Å². The van der Waals surface area contributed by atoms with Crippen LogP contribution in [0.4, 0.5) is 0 Å². The average Bonchev–Trinajstić information content (AvgIpc) is 2.40. The summed E-state index contributed by atoms with van der Waals surface area (Å²) in [4.78, 5) is 11.7. The molecule has 0 bridgehead atoms. The maximum absolute atomic E-state index is 11.7. The van der Waals surface area contributed by atoms with Crippen LogP contribution in [0.5, 0.6) is 5.75 Å². The Bertz CT molecular complexity index is 411. The first-order valence-corrected chi connectivity index (χ1v) is 7.11. The fraction of sp³-hybridized carbons (Fsp3) is 0.562. The van der Waals surface area contributed by atoms with Crippen LogP contribution in [-0.2, 0) is 4.79 Å². The van der Waals surface area contributed by atoms with Gasteiger partial charge in [-0.15, -0.1) is 0 Å². The van der Waals surface area contributed by atoms with Crippen molar-refractivity contribution in [2.75, 3.05) is 19.8 Å². The third kappa shape index (κ3) is 5.61. The molecule has 0 aliphatic rings. The first-order valence-electron chi connectivity index (χ1n) is 7.11. The number of aliphatic hydroxyl groups is 1. The molecule has 20 heavy (non-hydrogen) atoms. The highest BCUT2D eigenvalue weighted by molar-refractivity contribution is 5.75. The van der Waals surface area contributed by atoms with E-state index in [1.54, 1.807) is 0 Å². The molecule has 1 unspecified atom stereocenters. The van der Waals surface area contributed by atoms with E-state index in [2.05, 4.69) is 5.32 Å². The van der Waals surface area contributed by atoms with Gasteiger partial charge in [0, 0.05) is 13.2 Å². The van der Waals surface area contributed by atoms with Crippen LogP contribution >= 0.6 is 0 Å². The number of aryl methyl sites for hydroxylation is 2. The standard InChI is InChI=1S/C16H25NO3/c1-12(7-9-18)11-17-15(19)8-10-20-16-13(2)5-4-6-14(16)3/h4-6,12,18H,7-11H2,1-3H3,(H,17,19). The number of aliphatic hydroxyl groups excluding tert-OH is 1. The van der Waals surface area contributed by atoms with E-state index in [1.165, 1.54) is 0 Å². The van der Waals surface area contributed by atoms with Gasteiger partial charge in [0.2, 0.25) is 5.91 Å². The van der Waals surface area contributed by atoms with Gasteiger partial charge in [-0.1, -0.05) is 25.1 Å². The Morgan fingerprint density at radius 1 is 1.35 bits per heavy atom. The first-order chi connectivity index (χ1) is 9.54. The van der Waals surface area contributed by atoms with E-state index < -0.39 is 0 Å². The molecule has 112 valence electrons. The molecular formula is C16H25NO3. The van der Waals surface area contributed by atoms with Gasteiger partial charge in [-0.25, -0.2) is 0 Å². The molecule has 1 atom stereocenters. The zero-order chi connectivity index (χ0) is 15.0. The third-order valence-electron chi connectivity index (χ3n) is 3.25. The second kappa shape index (κ2) is 8.59. The number of carbonyl (C=O) groups is 1. The maximum Gasteiger partial charge on any atom is 0.223 e. The van der Waals surface area contributed by atoms with Gasteiger partial charge >= 0.3 is 0 Å². The Hall–Kier alpha value is -1.55. The van der Waals surface area contributed by atoms with Crippen molar-refractivity contribution in [3.05, 3.63) is 29.3 Å². The summed E-state index contributed by atoms with van der Waals surface area (Å²) in [5.41, 5.74) is 2.17. The molecule has 0 saturated heterocycles. The lowest BCUT2D eigenvalue weighted by atomic mass is 10.1. The number of rotatable bonds is 8. The summed E-state index contributed by atoms with van der Waals surface area (Å²) in [5.74, 6) is 1.15. The summed E-state index contributed by atoms with van der Waals surface area (Å²) >= 11 is 0. The zero-order valence-electron chi connectivity index (χ0n) is 12.6. The molecule has 0 radical (unpaired) electrons. The number of hydrogen-bond acceptors (Lipinski definition) is 3. The lowest BCUT2D eigenvalue weighted by molar-refractivity contribution is -0.121. The first kappa shape index (κ1) is 16.5. The minimum Gasteiger partial charge on any atom is -0.493 e. The van der Waals surface area contributed by atoms with Crippen molar-refractivity contribution in [1.82, 2.24) is 5.32 Å². The quantitative estimate of drug-likeness (QED) is 0.767. The molecule has 0 spiro atoms. The summed E-state index contributed by atoms with van der Waals surface area (Å²) in [7, 11) is 0. The molecule has 1 amide bonds. The van der Waals surface area contributed by atoms with E-state index in [-0.39, 0.29) is 12.5 Å². The number of para-hydroxylation sites is 1. The molecule has 4 heteroatoms. The van der Waals surface area contributed by atoms with Crippen molar-refractivity contribution in [1.29, 1.82) is 0 Å². The summed E-state index contributed by atoms with van der Waals surface area (Å²) in [5, 5.41) is 11.6. The van der Waals surface area contributed by atoms with Crippen molar-refractivity contribution in [2.24, 2.45) is 5.92 Å². The van der Waals surface area contributed by atoms with Crippen LogP contribution in [-0.4, -0.2) is 30.8 Å². The van der Waals surface area contributed by atoms with Crippen molar-refractivity contribution in [3.8, 4) is 5.75 Å². The van der Waals surface area contributed by atoms with Crippen LogP contribution in [0.1, 0.15) is 30.9 Å². The number of nitrogens with one attached hydrogen (secondary N) is 1. The van der Waals surface area contributed by atoms with E-state index in [4.69, 9.17) is 9.84 Å². The minimum atomic E-state index is -0.0129. The SMILES string of the molecule is Cc1cccc(C)c1OCCC(=O)NCC(C)CCO. The number of hydrogen-bond donors (Lipinski definition) is 2. The molecule has 0 fully saturated rings. The molecule has 0 heterocycles. The summed E-state index contributed by atoms with van der Waals surface area (Å²) in [6.45, 7) is 7.14. The van der Waals surface area contributed by atoms with E-state index in [0.29, 0.717) is 31.9 Å². The molecule has 0 aliphatic carbocycles. The predicted molar refractivity (Wildman–Crippen MR) is 79.9 cm³/mol. The molecule has 0 aliphatic heterocycles. The van der Waals surface area contributed by atoms with Gasteiger partial charge in [0.1, 0.15) is 5.75 Å². The summed E-state index contributed by atoms with van der Waals surface area (Å²) < 4.78 is 5.69. The lowest BCUT2D eigenvalue weighted by Gasteiger charge is -2.13. The highest BCUT2D eigenvalue weighted by Gasteiger charge is 2.07. The molecule has 4 nitrogen and oxygen atoms in total. The Morgan fingerprint density at radius 3 is 2.60 bits per heavy atom. The van der Waals surface area contributed by atoms with E-state index in [0.717, 1.165) is 16.9 Å². The van der Waals surface area contributed by atoms with Crippen LogP contribution in [0, 0.1) is 19.8 Å². The second-order valence-electron chi connectivity index (χ2n) is 5.24. The molecule has 1 aromatic carbocycles. The molecule has 0 saturated carbocycles. The fourth-order valence-electron chi connectivity index (χ4n) is 1.97. The van der Waals surface area contributed by atoms with Gasteiger partial charge in [-0.05, 0) is 37.3 Å². The van der Waals surface area contributed by atoms with Crippen LogP contribution in [0.15, 0.2) is 18.2 Å². The minimum absolute atomic E-state index is 0.0129. The van der Waals surface area contributed by atoms with Crippen molar-refractivity contribution >= 4 is 5.91 Å². The summed E-state index contributed by atoms with van der Waals surface area (Å²) in [6, 6.07) is 5.99.